The summed E-state index contributed by atoms with van der Waals surface area (Å²) in [6.07, 6.45) is -1.08. The second-order valence-electron chi connectivity index (χ2n) is 3.91. The van der Waals surface area contributed by atoms with Gasteiger partial charge in [-0.1, -0.05) is 0 Å². The molecule has 0 saturated carbocycles. The van der Waals surface area contributed by atoms with Crippen LogP contribution in [0, 0.1) is 0 Å². The van der Waals surface area contributed by atoms with E-state index in [1.54, 1.807) is 18.6 Å². The predicted octanol–water partition coefficient (Wildman–Crippen LogP) is -1.19. The van der Waals surface area contributed by atoms with Crippen LogP contribution >= 0.6 is 0 Å². The zero-order valence-corrected chi connectivity index (χ0v) is 12.2. The molecule has 0 aromatic heterocycles. The van der Waals surface area contributed by atoms with Gasteiger partial charge in [0.15, 0.2) is 0 Å². The van der Waals surface area contributed by atoms with Crippen molar-refractivity contribution in [3.05, 3.63) is 0 Å². The average molecular weight is 309 g/mol. The molecule has 0 spiro atoms. The van der Waals surface area contributed by atoms with Gasteiger partial charge < -0.3 is 14.8 Å². The molecule has 0 aliphatic carbocycles. The van der Waals surface area contributed by atoms with Crippen molar-refractivity contribution >= 4 is 22.3 Å². The Morgan fingerprint density at radius 3 is 2.55 bits per heavy atom. The second-order valence-corrected chi connectivity index (χ2v) is 5.53. The van der Waals surface area contributed by atoms with Crippen molar-refractivity contribution in [2.24, 2.45) is 0 Å². The standard InChI is InChI=1S/C10H19N3O6S/c1-3-18-9(14)8-7-11-5-6-13(8)20(16,17)12-10(15)19-4-2/h8,11H,3-7H2,1-2H3,(H,12,15). The Morgan fingerprint density at radius 1 is 1.30 bits per heavy atom. The Hall–Kier alpha value is -1.39. The molecule has 9 nitrogen and oxygen atoms in total. The number of piperazine rings is 1. The monoisotopic (exact) mass is 309 g/mol. The number of hydrogen-bond donors (Lipinski definition) is 2. The number of ether oxygens (including phenoxy) is 2. The van der Waals surface area contributed by atoms with Gasteiger partial charge in [-0.15, -0.1) is 0 Å². The lowest BCUT2D eigenvalue weighted by Gasteiger charge is -2.32. The molecule has 1 rings (SSSR count). The zero-order valence-electron chi connectivity index (χ0n) is 11.4. The van der Waals surface area contributed by atoms with Gasteiger partial charge in [0, 0.05) is 19.6 Å². The number of nitrogens with zero attached hydrogens (tertiary/aromatic N) is 1. The summed E-state index contributed by atoms with van der Waals surface area (Å²) < 4.78 is 36.1. The Kier molecular flexibility index (Phi) is 6.17. The lowest BCUT2D eigenvalue weighted by Crippen LogP contribution is -2.60. The van der Waals surface area contributed by atoms with Crippen LogP contribution in [-0.2, 0) is 24.5 Å². The molecule has 1 unspecified atom stereocenters. The largest absolute Gasteiger partial charge is 0.465 e. The molecule has 1 fully saturated rings. The van der Waals surface area contributed by atoms with Gasteiger partial charge in [0.1, 0.15) is 6.04 Å². The normalized spacial score (nSPS) is 20.2. The molecule has 1 aliphatic rings. The van der Waals surface area contributed by atoms with E-state index >= 15 is 0 Å². The fourth-order valence-electron chi connectivity index (χ4n) is 1.74. The van der Waals surface area contributed by atoms with Crippen molar-refractivity contribution in [2.45, 2.75) is 19.9 Å². The molecule has 1 aliphatic heterocycles. The zero-order chi connectivity index (χ0) is 15.2. The maximum atomic E-state index is 12.1. The van der Waals surface area contributed by atoms with Gasteiger partial charge in [-0.2, -0.15) is 12.7 Å². The molecule has 2 N–H and O–H groups in total. The van der Waals surface area contributed by atoms with E-state index in [4.69, 9.17) is 4.74 Å². The van der Waals surface area contributed by atoms with Crippen LogP contribution in [0.3, 0.4) is 0 Å². The number of carbonyl (C=O) groups is 2. The SMILES string of the molecule is CCOC(=O)NS(=O)(=O)N1CCNCC1C(=O)OCC. The minimum atomic E-state index is -4.15. The molecule has 0 aromatic carbocycles. The Bertz CT molecular complexity index is 452. The van der Waals surface area contributed by atoms with Crippen molar-refractivity contribution in [2.75, 3.05) is 32.8 Å². The van der Waals surface area contributed by atoms with Gasteiger partial charge in [0.05, 0.1) is 13.2 Å². The lowest BCUT2D eigenvalue weighted by atomic mass is 10.2. The first-order chi connectivity index (χ1) is 9.42. The Balaban J connectivity index is 2.83. The van der Waals surface area contributed by atoms with Gasteiger partial charge >= 0.3 is 22.3 Å². The summed E-state index contributed by atoms with van der Waals surface area (Å²) in [6, 6.07) is -1.00. The summed E-state index contributed by atoms with van der Waals surface area (Å²) in [7, 11) is -4.15. The van der Waals surface area contributed by atoms with Gasteiger partial charge in [-0.05, 0) is 13.8 Å². The number of nitrogens with one attached hydrogen (secondary N) is 2. The minimum Gasteiger partial charge on any atom is -0.465 e. The second kappa shape index (κ2) is 7.41. The maximum Gasteiger partial charge on any atom is 0.421 e. The first-order valence-electron chi connectivity index (χ1n) is 6.26. The third-order valence-corrected chi connectivity index (χ3v) is 4.03. The molecule has 0 radical (unpaired) electrons. The first-order valence-corrected chi connectivity index (χ1v) is 7.70. The average Bonchev–Trinajstić information content (AvgIpc) is 2.38. The topological polar surface area (TPSA) is 114 Å². The third-order valence-electron chi connectivity index (χ3n) is 2.55. The molecule has 1 heterocycles. The van der Waals surface area contributed by atoms with Crippen LogP contribution in [0.1, 0.15) is 13.8 Å². The van der Waals surface area contributed by atoms with Crippen LogP contribution < -0.4 is 10.0 Å². The first kappa shape index (κ1) is 16.7. The van der Waals surface area contributed by atoms with Gasteiger partial charge in [-0.3, -0.25) is 4.79 Å². The summed E-state index contributed by atoms with van der Waals surface area (Å²) in [5.41, 5.74) is 0. The quantitative estimate of drug-likeness (QED) is 0.614. The van der Waals surface area contributed by atoms with E-state index in [0.717, 1.165) is 4.31 Å². The summed E-state index contributed by atoms with van der Waals surface area (Å²) in [5, 5.41) is 2.90. The highest BCUT2D eigenvalue weighted by atomic mass is 32.2. The van der Waals surface area contributed by atoms with Crippen molar-refractivity contribution in [1.29, 1.82) is 0 Å². The lowest BCUT2D eigenvalue weighted by molar-refractivity contribution is -0.148. The number of carbonyl (C=O) groups excluding carboxylic acids is 2. The van der Waals surface area contributed by atoms with E-state index in [2.05, 4.69) is 10.1 Å². The van der Waals surface area contributed by atoms with Crippen LogP contribution in [-0.4, -0.2) is 63.7 Å². The molecule has 1 saturated heterocycles. The molecule has 10 heteroatoms. The Morgan fingerprint density at radius 2 is 1.95 bits per heavy atom. The molecule has 0 aromatic rings. The van der Waals surface area contributed by atoms with Crippen LogP contribution in [0.15, 0.2) is 0 Å². The molecule has 116 valence electrons. The fraction of sp³-hybridized carbons (Fsp3) is 0.800. The van der Waals surface area contributed by atoms with Crippen LogP contribution in [0.5, 0.6) is 0 Å². The van der Waals surface area contributed by atoms with Crippen molar-refractivity contribution in [1.82, 2.24) is 14.3 Å². The molecule has 20 heavy (non-hydrogen) atoms. The van der Waals surface area contributed by atoms with E-state index in [9.17, 15) is 18.0 Å². The number of hydrogen-bond acceptors (Lipinski definition) is 7. The van der Waals surface area contributed by atoms with Crippen molar-refractivity contribution in [3.8, 4) is 0 Å². The third kappa shape index (κ3) is 4.32. The van der Waals surface area contributed by atoms with Gasteiger partial charge in [-0.25, -0.2) is 9.52 Å². The van der Waals surface area contributed by atoms with E-state index in [0.29, 0.717) is 6.54 Å². The number of amides is 1. The summed E-state index contributed by atoms with van der Waals surface area (Å²) in [5.74, 6) is -0.658. The Labute approximate surface area is 117 Å². The van der Waals surface area contributed by atoms with Crippen molar-refractivity contribution < 1.29 is 27.5 Å². The van der Waals surface area contributed by atoms with Gasteiger partial charge in [0.2, 0.25) is 0 Å². The minimum absolute atomic E-state index is 0.0458. The molecule has 1 atom stereocenters. The van der Waals surface area contributed by atoms with E-state index < -0.39 is 28.3 Å². The van der Waals surface area contributed by atoms with E-state index in [1.807, 2.05) is 0 Å². The summed E-state index contributed by atoms with van der Waals surface area (Å²) in [4.78, 5) is 23.0. The number of esters is 1. The van der Waals surface area contributed by atoms with Crippen molar-refractivity contribution in [3.63, 3.8) is 0 Å². The highest BCUT2D eigenvalue weighted by Gasteiger charge is 2.38. The fourth-order valence-corrected chi connectivity index (χ4v) is 2.95. The molecular weight excluding hydrogens is 290 g/mol. The molecule has 1 amide bonds. The summed E-state index contributed by atoms with van der Waals surface area (Å²) >= 11 is 0. The highest BCUT2D eigenvalue weighted by molar-refractivity contribution is 7.87. The predicted molar refractivity (Wildman–Crippen MR) is 69.1 cm³/mol. The number of rotatable bonds is 5. The van der Waals surface area contributed by atoms with Gasteiger partial charge in [0.25, 0.3) is 0 Å². The van der Waals surface area contributed by atoms with Crippen LogP contribution in [0.25, 0.3) is 0 Å². The maximum absolute atomic E-state index is 12.1. The highest BCUT2D eigenvalue weighted by Crippen LogP contribution is 2.10. The van der Waals surface area contributed by atoms with E-state index in [-0.39, 0.29) is 26.3 Å². The molecular formula is C10H19N3O6S. The summed E-state index contributed by atoms with van der Waals surface area (Å²) in [6.45, 7) is 3.93. The van der Waals surface area contributed by atoms with Crippen LogP contribution in [0.2, 0.25) is 0 Å². The molecule has 0 bridgehead atoms. The van der Waals surface area contributed by atoms with Crippen LogP contribution in [0.4, 0.5) is 4.79 Å². The smallest absolute Gasteiger partial charge is 0.421 e. The van der Waals surface area contributed by atoms with E-state index in [1.165, 1.54) is 0 Å².